The first kappa shape index (κ1) is 15.7. The Balaban J connectivity index is 2.36. The summed E-state index contributed by atoms with van der Waals surface area (Å²) in [5.74, 6) is -1.05. The van der Waals surface area contributed by atoms with E-state index in [0.717, 1.165) is 11.0 Å². The fourth-order valence-electron chi connectivity index (χ4n) is 2.28. The highest BCUT2D eigenvalue weighted by Crippen LogP contribution is 2.34. The number of rotatable bonds is 4. The molecule has 0 saturated carbocycles. The number of nitrogens with one attached hydrogen (secondary N) is 1. The van der Waals surface area contributed by atoms with Crippen LogP contribution < -0.4 is 5.32 Å². The summed E-state index contributed by atoms with van der Waals surface area (Å²) < 4.78 is 13.1. The number of carbonyl (C=O) groups excluding carboxylic acids is 2. The number of urea groups is 1. The molecule has 0 radical (unpaired) electrons. The Hall–Kier alpha value is -1.66. The van der Waals surface area contributed by atoms with Crippen molar-refractivity contribution < 1.29 is 19.1 Å². The molecule has 1 aromatic rings. The van der Waals surface area contributed by atoms with Gasteiger partial charge in [-0.2, -0.15) is 0 Å². The van der Waals surface area contributed by atoms with Gasteiger partial charge < -0.3 is 10.4 Å². The van der Waals surface area contributed by atoms with Crippen molar-refractivity contribution in [2.75, 3.05) is 6.54 Å². The monoisotopic (exact) mass is 314 g/mol. The molecule has 1 aromatic carbocycles. The van der Waals surface area contributed by atoms with Gasteiger partial charge in [-0.25, -0.2) is 9.18 Å². The van der Waals surface area contributed by atoms with Crippen LogP contribution in [0.2, 0.25) is 5.02 Å². The maximum absolute atomic E-state index is 13.1. The Morgan fingerprint density at radius 2 is 2.14 bits per heavy atom. The standard InChI is InChI=1S/C14H16ClFN2O3/c1-3-9(19)7-18-12(20)14(2,17-13(18)21)10-5-4-8(16)6-11(10)15/h4-6,9,19H,3,7H2,1-2H3,(H,17,21). The van der Waals surface area contributed by atoms with Gasteiger partial charge in [0.1, 0.15) is 11.4 Å². The smallest absolute Gasteiger partial charge is 0.325 e. The van der Waals surface area contributed by atoms with E-state index in [4.69, 9.17) is 11.6 Å². The van der Waals surface area contributed by atoms with Gasteiger partial charge in [-0.3, -0.25) is 9.69 Å². The second-order valence-corrected chi connectivity index (χ2v) is 5.56. The molecule has 0 aromatic heterocycles. The molecule has 1 aliphatic rings. The van der Waals surface area contributed by atoms with E-state index in [1.807, 2.05) is 0 Å². The van der Waals surface area contributed by atoms with Crippen molar-refractivity contribution in [2.24, 2.45) is 0 Å². The SMILES string of the molecule is CCC(O)CN1C(=O)NC(C)(c2ccc(F)cc2Cl)C1=O. The largest absolute Gasteiger partial charge is 0.391 e. The summed E-state index contributed by atoms with van der Waals surface area (Å²) in [5, 5.41) is 12.3. The van der Waals surface area contributed by atoms with Gasteiger partial charge in [0, 0.05) is 10.6 Å². The van der Waals surface area contributed by atoms with E-state index in [9.17, 15) is 19.1 Å². The zero-order chi connectivity index (χ0) is 15.8. The Morgan fingerprint density at radius 1 is 1.48 bits per heavy atom. The summed E-state index contributed by atoms with van der Waals surface area (Å²) in [6.07, 6.45) is -0.365. The molecule has 0 spiro atoms. The number of nitrogens with zero attached hydrogens (tertiary/aromatic N) is 1. The van der Waals surface area contributed by atoms with Gasteiger partial charge in [0.2, 0.25) is 0 Å². The third kappa shape index (κ3) is 2.73. The first-order valence-corrected chi connectivity index (χ1v) is 6.95. The van der Waals surface area contributed by atoms with Crippen molar-refractivity contribution in [2.45, 2.75) is 31.9 Å². The van der Waals surface area contributed by atoms with E-state index in [1.165, 1.54) is 19.1 Å². The lowest BCUT2D eigenvalue weighted by Crippen LogP contribution is -2.42. The first-order chi connectivity index (χ1) is 9.79. The fourth-order valence-corrected chi connectivity index (χ4v) is 2.64. The van der Waals surface area contributed by atoms with Gasteiger partial charge >= 0.3 is 6.03 Å². The predicted molar refractivity (Wildman–Crippen MR) is 75.3 cm³/mol. The number of benzene rings is 1. The molecule has 1 heterocycles. The van der Waals surface area contributed by atoms with Crippen LogP contribution in [0.5, 0.6) is 0 Å². The molecule has 114 valence electrons. The van der Waals surface area contributed by atoms with Crippen LogP contribution >= 0.6 is 11.6 Å². The van der Waals surface area contributed by atoms with Crippen molar-refractivity contribution >= 4 is 23.5 Å². The topological polar surface area (TPSA) is 69.6 Å². The molecule has 0 bridgehead atoms. The molecule has 2 N–H and O–H groups in total. The van der Waals surface area contributed by atoms with E-state index in [0.29, 0.717) is 12.0 Å². The zero-order valence-electron chi connectivity index (χ0n) is 11.7. The van der Waals surface area contributed by atoms with Crippen LogP contribution in [0.3, 0.4) is 0 Å². The maximum Gasteiger partial charge on any atom is 0.325 e. The van der Waals surface area contributed by atoms with Crippen LogP contribution in [0, 0.1) is 5.82 Å². The van der Waals surface area contributed by atoms with Crippen molar-refractivity contribution in [3.05, 3.63) is 34.6 Å². The van der Waals surface area contributed by atoms with Crippen molar-refractivity contribution in [1.82, 2.24) is 10.2 Å². The lowest BCUT2D eigenvalue weighted by atomic mass is 9.92. The highest BCUT2D eigenvalue weighted by atomic mass is 35.5. The van der Waals surface area contributed by atoms with Crippen molar-refractivity contribution in [1.29, 1.82) is 0 Å². The molecule has 7 heteroatoms. The van der Waals surface area contributed by atoms with Gasteiger partial charge in [0.25, 0.3) is 5.91 Å². The first-order valence-electron chi connectivity index (χ1n) is 6.57. The Morgan fingerprint density at radius 3 is 2.71 bits per heavy atom. The molecule has 21 heavy (non-hydrogen) atoms. The summed E-state index contributed by atoms with van der Waals surface area (Å²) in [4.78, 5) is 25.4. The maximum atomic E-state index is 13.1. The minimum Gasteiger partial charge on any atom is -0.391 e. The Labute approximate surface area is 126 Å². The Kier molecular flexibility index (Phi) is 4.20. The van der Waals surface area contributed by atoms with Crippen LogP contribution in [0.1, 0.15) is 25.8 Å². The number of hydrogen-bond acceptors (Lipinski definition) is 3. The summed E-state index contributed by atoms with van der Waals surface area (Å²) in [6.45, 7) is 3.17. The third-order valence-corrected chi connectivity index (χ3v) is 3.92. The average molecular weight is 315 g/mol. The summed E-state index contributed by atoms with van der Waals surface area (Å²) in [5.41, 5.74) is -1.05. The fraction of sp³-hybridized carbons (Fsp3) is 0.429. The minimum atomic E-state index is -1.37. The van der Waals surface area contributed by atoms with E-state index < -0.39 is 29.4 Å². The molecule has 1 saturated heterocycles. The van der Waals surface area contributed by atoms with Gasteiger partial charge in [-0.05, 0) is 25.5 Å². The number of hydrogen-bond donors (Lipinski definition) is 2. The predicted octanol–water partition coefficient (Wildman–Crippen LogP) is 2.02. The molecular weight excluding hydrogens is 299 g/mol. The molecule has 0 aliphatic carbocycles. The van der Waals surface area contributed by atoms with E-state index in [1.54, 1.807) is 6.92 Å². The molecule has 2 atom stereocenters. The molecule has 5 nitrogen and oxygen atoms in total. The number of halogens is 2. The number of amides is 3. The number of carbonyl (C=O) groups is 2. The quantitative estimate of drug-likeness (QED) is 0.835. The molecule has 1 aliphatic heterocycles. The van der Waals surface area contributed by atoms with E-state index >= 15 is 0 Å². The lowest BCUT2D eigenvalue weighted by Gasteiger charge is -2.24. The van der Waals surface area contributed by atoms with Gasteiger partial charge in [0.05, 0.1) is 12.6 Å². The van der Waals surface area contributed by atoms with Crippen LogP contribution in [-0.4, -0.2) is 34.6 Å². The zero-order valence-corrected chi connectivity index (χ0v) is 12.4. The molecule has 3 amide bonds. The number of aliphatic hydroxyl groups is 1. The third-order valence-electron chi connectivity index (χ3n) is 3.61. The lowest BCUT2D eigenvalue weighted by molar-refractivity contribution is -0.132. The molecule has 2 unspecified atom stereocenters. The second kappa shape index (κ2) is 5.61. The van der Waals surface area contributed by atoms with Crippen LogP contribution in [0.25, 0.3) is 0 Å². The van der Waals surface area contributed by atoms with Crippen LogP contribution in [-0.2, 0) is 10.3 Å². The van der Waals surface area contributed by atoms with Gasteiger partial charge in [-0.15, -0.1) is 0 Å². The molecular formula is C14H16ClFN2O3. The normalized spacial score (nSPS) is 23.4. The average Bonchev–Trinajstić information content (AvgIpc) is 2.62. The van der Waals surface area contributed by atoms with Crippen molar-refractivity contribution in [3.63, 3.8) is 0 Å². The van der Waals surface area contributed by atoms with Gasteiger partial charge in [0.15, 0.2) is 0 Å². The van der Waals surface area contributed by atoms with Crippen LogP contribution in [0.4, 0.5) is 9.18 Å². The highest BCUT2D eigenvalue weighted by Gasteiger charge is 2.50. The van der Waals surface area contributed by atoms with Crippen LogP contribution in [0.15, 0.2) is 18.2 Å². The summed E-state index contributed by atoms with van der Waals surface area (Å²) in [6, 6.07) is 3.03. The molecule has 1 fully saturated rings. The molecule has 2 rings (SSSR count). The van der Waals surface area contributed by atoms with E-state index in [-0.39, 0.29) is 11.6 Å². The van der Waals surface area contributed by atoms with E-state index in [2.05, 4.69) is 5.32 Å². The highest BCUT2D eigenvalue weighted by molar-refractivity contribution is 6.32. The van der Waals surface area contributed by atoms with Crippen molar-refractivity contribution in [3.8, 4) is 0 Å². The van der Waals surface area contributed by atoms with Gasteiger partial charge in [-0.1, -0.05) is 24.6 Å². The minimum absolute atomic E-state index is 0.0593. The second-order valence-electron chi connectivity index (χ2n) is 5.16. The Bertz CT molecular complexity index is 596. The number of aliphatic hydroxyl groups excluding tert-OH is 1. The summed E-state index contributed by atoms with van der Waals surface area (Å²) in [7, 11) is 0. The summed E-state index contributed by atoms with van der Waals surface area (Å²) >= 11 is 5.98. The number of β-amino-alcohol motifs (C(OH)–C–C–N with tert-alkyl or cyclic N) is 1. The number of imide groups is 1.